The summed E-state index contributed by atoms with van der Waals surface area (Å²) >= 11 is 0. The molecule has 1 heterocycles. The average Bonchev–Trinajstić information content (AvgIpc) is 2.93. The summed E-state index contributed by atoms with van der Waals surface area (Å²) in [6, 6.07) is 9.40. The van der Waals surface area contributed by atoms with E-state index < -0.39 is 0 Å². The van der Waals surface area contributed by atoms with Crippen LogP contribution in [0.5, 0.6) is 5.75 Å². The number of methoxy groups -OCH3 is 2. The van der Waals surface area contributed by atoms with Gasteiger partial charge in [0.05, 0.1) is 20.3 Å². The van der Waals surface area contributed by atoms with Gasteiger partial charge in [-0.1, -0.05) is 0 Å². The van der Waals surface area contributed by atoms with Crippen LogP contribution in [0, 0.1) is 0 Å². The summed E-state index contributed by atoms with van der Waals surface area (Å²) in [6.45, 7) is 0.982. The molecular weight excluding hydrogens is 258 g/mol. The molecule has 1 aromatic carbocycles. The van der Waals surface area contributed by atoms with Gasteiger partial charge in [-0.05, 0) is 30.3 Å². The third-order valence-corrected chi connectivity index (χ3v) is 2.92. The smallest absolute Gasteiger partial charge is 0.129 e. The minimum atomic E-state index is -0.0581. The molecule has 0 saturated heterocycles. The Bertz CT molecular complexity index is 551. The van der Waals surface area contributed by atoms with Crippen molar-refractivity contribution in [1.29, 1.82) is 0 Å². The van der Waals surface area contributed by atoms with E-state index in [1.807, 2.05) is 30.3 Å². The van der Waals surface area contributed by atoms with Gasteiger partial charge in [-0.2, -0.15) is 0 Å². The van der Waals surface area contributed by atoms with Crippen LogP contribution >= 0.6 is 0 Å². The minimum Gasteiger partial charge on any atom is -0.496 e. The van der Waals surface area contributed by atoms with Crippen LogP contribution in [0.3, 0.4) is 0 Å². The van der Waals surface area contributed by atoms with Crippen LogP contribution in [0.25, 0.3) is 0 Å². The van der Waals surface area contributed by atoms with Crippen molar-refractivity contribution in [3.05, 3.63) is 47.4 Å². The molecule has 0 unspecified atom stereocenters. The maximum Gasteiger partial charge on any atom is 0.129 e. The molecule has 5 nitrogen and oxygen atoms in total. The monoisotopic (exact) mass is 277 g/mol. The summed E-state index contributed by atoms with van der Waals surface area (Å²) in [5.41, 5.74) is 1.65. The first-order valence-electron chi connectivity index (χ1n) is 6.35. The first-order chi connectivity index (χ1) is 9.76. The Balaban J connectivity index is 1.99. The van der Waals surface area contributed by atoms with Gasteiger partial charge in [0.15, 0.2) is 0 Å². The van der Waals surface area contributed by atoms with Crippen LogP contribution in [0.2, 0.25) is 0 Å². The third-order valence-electron chi connectivity index (χ3n) is 2.92. The molecule has 0 radical (unpaired) electrons. The average molecular weight is 277 g/mol. The Kier molecular flexibility index (Phi) is 5.03. The molecule has 1 aromatic heterocycles. The third kappa shape index (κ3) is 3.53. The maximum atomic E-state index is 9.28. The molecule has 0 aliphatic heterocycles. The highest BCUT2D eigenvalue weighted by Crippen LogP contribution is 2.23. The van der Waals surface area contributed by atoms with Crippen LogP contribution < -0.4 is 10.1 Å². The van der Waals surface area contributed by atoms with Crippen molar-refractivity contribution >= 4 is 5.69 Å². The summed E-state index contributed by atoms with van der Waals surface area (Å²) in [5, 5.41) is 12.5. The fourth-order valence-corrected chi connectivity index (χ4v) is 1.94. The second-order valence-corrected chi connectivity index (χ2v) is 4.34. The molecule has 0 bridgehead atoms. The number of rotatable bonds is 7. The molecular formula is C15H19NO4. The van der Waals surface area contributed by atoms with Gasteiger partial charge in [-0.3, -0.25) is 0 Å². The van der Waals surface area contributed by atoms with E-state index in [-0.39, 0.29) is 6.61 Å². The lowest BCUT2D eigenvalue weighted by Gasteiger charge is -2.10. The van der Waals surface area contributed by atoms with Gasteiger partial charge in [0, 0.05) is 18.4 Å². The van der Waals surface area contributed by atoms with Crippen molar-refractivity contribution in [2.75, 3.05) is 19.5 Å². The Hall–Kier alpha value is -1.98. The highest BCUT2D eigenvalue weighted by molar-refractivity contribution is 5.51. The first kappa shape index (κ1) is 14.4. The van der Waals surface area contributed by atoms with E-state index in [1.54, 1.807) is 14.2 Å². The molecule has 108 valence electrons. The van der Waals surface area contributed by atoms with Gasteiger partial charge in [-0.25, -0.2) is 0 Å². The number of aliphatic hydroxyl groups excluding tert-OH is 1. The number of nitrogens with one attached hydrogen (secondary N) is 1. The topological polar surface area (TPSA) is 63.9 Å². The van der Waals surface area contributed by atoms with Crippen LogP contribution in [-0.2, 0) is 24.5 Å². The molecule has 0 spiro atoms. The predicted octanol–water partition coefficient (Wildman–Crippen LogP) is 2.54. The maximum absolute atomic E-state index is 9.28. The van der Waals surface area contributed by atoms with Crippen molar-refractivity contribution in [1.82, 2.24) is 0 Å². The summed E-state index contributed by atoms with van der Waals surface area (Å²) in [4.78, 5) is 0. The number of benzene rings is 1. The summed E-state index contributed by atoms with van der Waals surface area (Å²) in [6.07, 6.45) is 0. The molecule has 0 amide bonds. The van der Waals surface area contributed by atoms with Crippen LogP contribution in [0.4, 0.5) is 5.69 Å². The number of aliphatic hydroxyl groups is 1. The van der Waals surface area contributed by atoms with E-state index >= 15 is 0 Å². The molecule has 0 aliphatic carbocycles. The highest BCUT2D eigenvalue weighted by Gasteiger charge is 2.05. The molecule has 0 atom stereocenters. The van der Waals surface area contributed by atoms with Crippen molar-refractivity contribution in [3.63, 3.8) is 0 Å². The van der Waals surface area contributed by atoms with Crippen LogP contribution in [-0.4, -0.2) is 19.3 Å². The Morgan fingerprint density at radius 1 is 1.15 bits per heavy atom. The number of hydrogen-bond donors (Lipinski definition) is 2. The van der Waals surface area contributed by atoms with Crippen molar-refractivity contribution in [2.45, 2.75) is 19.8 Å². The fraction of sp³-hybridized carbons (Fsp3) is 0.333. The van der Waals surface area contributed by atoms with E-state index in [2.05, 4.69) is 5.32 Å². The molecule has 2 N–H and O–H groups in total. The Morgan fingerprint density at radius 3 is 2.65 bits per heavy atom. The predicted molar refractivity (Wildman–Crippen MR) is 75.7 cm³/mol. The zero-order valence-corrected chi connectivity index (χ0v) is 11.7. The highest BCUT2D eigenvalue weighted by atomic mass is 16.5. The fourth-order valence-electron chi connectivity index (χ4n) is 1.94. The second-order valence-electron chi connectivity index (χ2n) is 4.34. The van der Waals surface area contributed by atoms with E-state index in [1.165, 1.54) is 0 Å². The standard InChI is InChI=1S/C15H19NO4/c1-18-10-14-5-4-13(20-14)8-16-12-3-6-15(19-2)11(7-12)9-17/h3-7,16-17H,8-10H2,1-2H3. The lowest BCUT2D eigenvalue weighted by molar-refractivity contribution is 0.163. The van der Waals surface area contributed by atoms with Gasteiger partial charge in [0.2, 0.25) is 0 Å². The molecule has 0 aliphatic rings. The van der Waals surface area contributed by atoms with E-state index in [0.717, 1.165) is 22.8 Å². The van der Waals surface area contributed by atoms with Gasteiger partial charge in [-0.15, -0.1) is 0 Å². The van der Waals surface area contributed by atoms with Gasteiger partial charge in [0.25, 0.3) is 0 Å². The molecule has 20 heavy (non-hydrogen) atoms. The lowest BCUT2D eigenvalue weighted by Crippen LogP contribution is -2.00. The van der Waals surface area contributed by atoms with Crippen LogP contribution in [0.1, 0.15) is 17.1 Å². The largest absolute Gasteiger partial charge is 0.496 e. The molecule has 0 fully saturated rings. The number of ether oxygens (including phenoxy) is 2. The lowest BCUT2D eigenvalue weighted by atomic mass is 10.2. The summed E-state index contributed by atoms with van der Waals surface area (Å²) in [5.74, 6) is 2.31. The van der Waals surface area contributed by atoms with Crippen LogP contribution in [0.15, 0.2) is 34.7 Å². The van der Waals surface area contributed by atoms with E-state index in [0.29, 0.717) is 18.9 Å². The van der Waals surface area contributed by atoms with Crippen molar-refractivity contribution < 1.29 is 19.0 Å². The van der Waals surface area contributed by atoms with Crippen molar-refractivity contribution in [2.24, 2.45) is 0 Å². The first-order valence-corrected chi connectivity index (χ1v) is 6.35. The zero-order valence-electron chi connectivity index (χ0n) is 11.7. The normalized spacial score (nSPS) is 10.6. The second kappa shape index (κ2) is 6.98. The van der Waals surface area contributed by atoms with Gasteiger partial charge in [0.1, 0.15) is 23.9 Å². The summed E-state index contributed by atoms with van der Waals surface area (Å²) < 4.78 is 15.8. The van der Waals surface area contributed by atoms with Gasteiger partial charge >= 0.3 is 0 Å². The molecule has 0 saturated carbocycles. The van der Waals surface area contributed by atoms with E-state index in [9.17, 15) is 5.11 Å². The van der Waals surface area contributed by atoms with E-state index in [4.69, 9.17) is 13.9 Å². The summed E-state index contributed by atoms with van der Waals surface area (Å²) in [7, 11) is 3.22. The number of furan rings is 1. The van der Waals surface area contributed by atoms with Gasteiger partial charge < -0.3 is 24.3 Å². The molecule has 2 aromatic rings. The number of anilines is 1. The van der Waals surface area contributed by atoms with Crippen molar-refractivity contribution in [3.8, 4) is 5.75 Å². The quantitative estimate of drug-likeness (QED) is 0.814. The molecule has 2 rings (SSSR count). The zero-order chi connectivity index (χ0) is 14.4. The minimum absolute atomic E-state index is 0.0581. The Morgan fingerprint density at radius 2 is 1.95 bits per heavy atom. The Labute approximate surface area is 118 Å². The molecule has 5 heteroatoms. The SMILES string of the molecule is COCc1ccc(CNc2ccc(OC)c(CO)c2)o1. The number of hydrogen-bond acceptors (Lipinski definition) is 5.